The number of hydrogen-bond donors (Lipinski definition) is 3. The first-order chi connectivity index (χ1) is 9.86. The number of rotatable bonds is 4. The van der Waals surface area contributed by atoms with Crippen molar-refractivity contribution in [2.45, 2.75) is 18.6 Å². The van der Waals surface area contributed by atoms with Crippen LogP contribution in [0.1, 0.15) is 12.0 Å². The summed E-state index contributed by atoms with van der Waals surface area (Å²) < 4.78 is 13.2. The van der Waals surface area contributed by atoms with Gasteiger partial charge in [0.2, 0.25) is 5.60 Å². The first-order valence-corrected chi connectivity index (χ1v) is 6.60. The van der Waals surface area contributed by atoms with E-state index in [0.717, 1.165) is 11.0 Å². The molecular formula is C13H14ClFN2O4. The van der Waals surface area contributed by atoms with Crippen molar-refractivity contribution in [3.8, 4) is 0 Å². The molecule has 1 unspecified atom stereocenters. The fourth-order valence-corrected chi connectivity index (χ4v) is 2.40. The van der Waals surface area contributed by atoms with E-state index in [1.165, 1.54) is 12.1 Å². The van der Waals surface area contributed by atoms with E-state index in [0.29, 0.717) is 5.56 Å². The van der Waals surface area contributed by atoms with Gasteiger partial charge in [0, 0.05) is 24.5 Å². The summed E-state index contributed by atoms with van der Waals surface area (Å²) in [4.78, 5) is 24.7. The molecule has 3 N–H and O–H groups in total. The molecule has 6 nitrogen and oxygen atoms in total. The molecule has 1 heterocycles. The Labute approximate surface area is 125 Å². The molecule has 2 amide bonds. The smallest absolute Gasteiger partial charge is 0.266 e. The number of likely N-dealkylation sites (tertiary alicyclic amines) is 1. The summed E-state index contributed by atoms with van der Waals surface area (Å²) in [5, 5.41) is 21.6. The fourth-order valence-electron chi connectivity index (χ4n) is 2.15. The third kappa shape index (κ3) is 3.15. The molecule has 0 saturated carbocycles. The molecule has 1 aromatic carbocycles. The number of hydrogen-bond acceptors (Lipinski definition) is 4. The summed E-state index contributed by atoms with van der Waals surface area (Å²) in [7, 11) is 0. The van der Waals surface area contributed by atoms with Crippen molar-refractivity contribution in [2.24, 2.45) is 0 Å². The minimum atomic E-state index is -2.19. The normalized spacial score (nSPS) is 21.7. The van der Waals surface area contributed by atoms with Crippen LogP contribution in [0.5, 0.6) is 0 Å². The highest BCUT2D eigenvalue weighted by atomic mass is 35.5. The van der Waals surface area contributed by atoms with Gasteiger partial charge in [-0.05, 0) is 23.8 Å². The zero-order valence-electron chi connectivity index (χ0n) is 11.0. The van der Waals surface area contributed by atoms with Crippen molar-refractivity contribution in [1.29, 1.82) is 0 Å². The van der Waals surface area contributed by atoms with E-state index in [9.17, 15) is 19.1 Å². The molecule has 0 aliphatic carbocycles. The highest BCUT2D eigenvalue weighted by molar-refractivity contribution is 6.30. The lowest BCUT2D eigenvalue weighted by Gasteiger charge is -2.20. The molecule has 0 radical (unpaired) electrons. The molecule has 8 heteroatoms. The molecule has 2 rings (SSSR count). The molecule has 21 heavy (non-hydrogen) atoms. The van der Waals surface area contributed by atoms with Gasteiger partial charge >= 0.3 is 0 Å². The van der Waals surface area contributed by atoms with Crippen LogP contribution in [0.25, 0.3) is 0 Å². The Morgan fingerprint density at radius 3 is 2.76 bits per heavy atom. The maximum Gasteiger partial charge on any atom is 0.266 e. The second-order valence-electron chi connectivity index (χ2n) is 4.78. The maximum absolute atomic E-state index is 13.2. The van der Waals surface area contributed by atoms with Crippen molar-refractivity contribution in [3.63, 3.8) is 0 Å². The van der Waals surface area contributed by atoms with Gasteiger partial charge in [0.25, 0.3) is 11.8 Å². The summed E-state index contributed by atoms with van der Waals surface area (Å²) in [5.41, 5.74) is -1.79. The maximum atomic E-state index is 13.2. The van der Waals surface area contributed by atoms with Crippen LogP contribution < -0.4 is 5.32 Å². The number of aliphatic hydroxyl groups is 2. The first kappa shape index (κ1) is 15.7. The van der Waals surface area contributed by atoms with E-state index in [1.807, 2.05) is 0 Å². The second-order valence-corrected chi connectivity index (χ2v) is 5.22. The first-order valence-electron chi connectivity index (χ1n) is 6.22. The summed E-state index contributed by atoms with van der Waals surface area (Å²) in [6.45, 7) is -0.552. The number of nitrogens with one attached hydrogen (secondary N) is 1. The van der Waals surface area contributed by atoms with Crippen LogP contribution in [0, 0.1) is 5.82 Å². The third-order valence-corrected chi connectivity index (χ3v) is 3.52. The molecule has 1 fully saturated rings. The summed E-state index contributed by atoms with van der Waals surface area (Å²) in [6, 6.07) is 3.78. The Bertz CT molecular complexity index is 563. The Hall–Kier alpha value is -1.70. The van der Waals surface area contributed by atoms with Crippen molar-refractivity contribution in [1.82, 2.24) is 10.2 Å². The van der Waals surface area contributed by atoms with E-state index in [2.05, 4.69) is 5.32 Å². The minimum Gasteiger partial charge on any atom is -0.376 e. The lowest BCUT2D eigenvalue weighted by Crippen LogP contribution is -2.52. The Morgan fingerprint density at radius 1 is 1.48 bits per heavy atom. The van der Waals surface area contributed by atoms with E-state index in [1.54, 1.807) is 0 Å². The van der Waals surface area contributed by atoms with Crippen LogP contribution in [0.15, 0.2) is 18.2 Å². The van der Waals surface area contributed by atoms with Gasteiger partial charge < -0.3 is 20.4 Å². The predicted molar refractivity (Wildman–Crippen MR) is 71.6 cm³/mol. The van der Waals surface area contributed by atoms with Gasteiger partial charge in [-0.25, -0.2) is 4.39 Å². The molecule has 0 spiro atoms. The van der Waals surface area contributed by atoms with Crippen LogP contribution in [-0.4, -0.2) is 45.8 Å². The summed E-state index contributed by atoms with van der Waals surface area (Å²) in [6.07, 6.45) is -0.109. The Balaban J connectivity index is 2.03. The Kier molecular flexibility index (Phi) is 4.46. The van der Waals surface area contributed by atoms with Gasteiger partial charge in [-0.1, -0.05) is 11.6 Å². The van der Waals surface area contributed by atoms with Crippen molar-refractivity contribution in [2.75, 3.05) is 13.3 Å². The zero-order valence-corrected chi connectivity index (χ0v) is 11.7. The number of aliphatic hydroxyl groups excluding tert-OH is 1. The average molecular weight is 317 g/mol. The van der Waals surface area contributed by atoms with E-state index < -0.39 is 30.0 Å². The topological polar surface area (TPSA) is 89.9 Å². The number of carbonyl (C=O) groups excluding carboxylic acids is 2. The van der Waals surface area contributed by atoms with Gasteiger partial charge in [-0.3, -0.25) is 9.59 Å². The van der Waals surface area contributed by atoms with Crippen LogP contribution >= 0.6 is 11.6 Å². The lowest BCUT2D eigenvalue weighted by molar-refractivity contribution is -0.155. The Morgan fingerprint density at radius 2 is 2.19 bits per heavy atom. The van der Waals surface area contributed by atoms with Crippen LogP contribution in [-0.2, 0) is 16.1 Å². The van der Waals surface area contributed by atoms with Crippen molar-refractivity contribution < 1.29 is 24.2 Å². The molecule has 1 aliphatic rings. The highest BCUT2D eigenvalue weighted by Gasteiger charge is 2.50. The van der Waals surface area contributed by atoms with Gasteiger partial charge in [-0.15, -0.1) is 0 Å². The number of benzene rings is 1. The largest absolute Gasteiger partial charge is 0.376 e. The van der Waals surface area contributed by atoms with Crippen molar-refractivity contribution >= 4 is 23.4 Å². The van der Waals surface area contributed by atoms with Crippen LogP contribution in [0.2, 0.25) is 5.02 Å². The number of halogens is 2. The molecule has 0 bridgehead atoms. The van der Waals surface area contributed by atoms with E-state index in [-0.39, 0.29) is 24.5 Å². The summed E-state index contributed by atoms with van der Waals surface area (Å²) >= 11 is 5.69. The zero-order chi connectivity index (χ0) is 15.6. The molecule has 114 valence electrons. The lowest BCUT2D eigenvalue weighted by atomic mass is 10.0. The summed E-state index contributed by atoms with van der Waals surface area (Å²) in [5.74, 6) is -2.28. The van der Waals surface area contributed by atoms with E-state index in [4.69, 9.17) is 16.7 Å². The number of nitrogens with zero attached hydrogens (tertiary/aromatic N) is 1. The number of amides is 2. The standard InChI is InChI=1S/C13H14ClFN2O4/c14-9-3-8(4-10(15)5-9)6-16-11(19)13(21)1-2-17(7-18)12(13)20/h3-5,18,21H,1-2,6-7H2,(H,16,19). The molecular weight excluding hydrogens is 303 g/mol. The number of carbonyl (C=O) groups is 2. The molecule has 1 aromatic rings. The third-order valence-electron chi connectivity index (χ3n) is 3.31. The SMILES string of the molecule is O=C(NCc1cc(F)cc(Cl)c1)C1(O)CCN(CO)C1=O. The second kappa shape index (κ2) is 5.97. The van der Waals surface area contributed by atoms with Crippen molar-refractivity contribution in [3.05, 3.63) is 34.6 Å². The average Bonchev–Trinajstić information content (AvgIpc) is 2.72. The molecule has 1 saturated heterocycles. The minimum absolute atomic E-state index is 0.0783. The highest BCUT2D eigenvalue weighted by Crippen LogP contribution is 2.23. The molecule has 1 atom stereocenters. The van der Waals surface area contributed by atoms with Gasteiger partial charge in [-0.2, -0.15) is 0 Å². The van der Waals surface area contributed by atoms with Crippen LogP contribution in [0.4, 0.5) is 4.39 Å². The monoisotopic (exact) mass is 316 g/mol. The molecule has 0 aromatic heterocycles. The predicted octanol–water partition coefficient (Wildman–Crippen LogP) is 0.00850. The van der Waals surface area contributed by atoms with Gasteiger partial charge in [0.05, 0.1) is 0 Å². The van der Waals surface area contributed by atoms with Crippen LogP contribution in [0.3, 0.4) is 0 Å². The quantitative estimate of drug-likeness (QED) is 0.683. The molecule has 1 aliphatic heterocycles. The van der Waals surface area contributed by atoms with E-state index >= 15 is 0 Å². The fraction of sp³-hybridized carbons (Fsp3) is 0.385. The van der Waals surface area contributed by atoms with Gasteiger partial charge in [0.15, 0.2) is 0 Å². The van der Waals surface area contributed by atoms with Gasteiger partial charge in [0.1, 0.15) is 12.5 Å².